The molecule has 7 heteroatoms. The molecule has 0 fully saturated rings. The molecule has 0 heterocycles. The lowest BCUT2D eigenvalue weighted by Gasteiger charge is -2.14. The molecule has 23 heavy (non-hydrogen) atoms. The SMILES string of the molecule is C[C@@H](OC(=O)c1cccc(Cl)c1)C(=O)Nc1cc(Cl)cc(Cl)c1. The van der Waals surface area contributed by atoms with Gasteiger partial charge in [0.25, 0.3) is 5.91 Å². The summed E-state index contributed by atoms with van der Waals surface area (Å²) in [6, 6.07) is 10.9. The fourth-order valence-electron chi connectivity index (χ4n) is 1.77. The number of nitrogens with one attached hydrogen (secondary N) is 1. The summed E-state index contributed by atoms with van der Waals surface area (Å²) in [5, 5.41) is 3.76. The second kappa shape index (κ2) is 7.68. The molecule has 0 radical (unpaired) electrons. The molecule has 0 aromatic heterocycles. The summed E-state index contributed by atoms with van der Waals surface area (Å²) in [6.45, 7) is 1.46. The molecular formula is C16H12Cl3NO3. The van der Waals surface area contributed by atoms with Crippen LogP contribution in [-0.2, 0) is 9.53 Å². The first-order chi connectivity index (χ1) is 10.8. The van der Waals surface area contributed by atoms with Crippen LogP contribution in [0.25, 0.3) is 0 Å². The Hall–Kier alpha value is -1.75. The molecule has 2 aromatic rings. The Morgan fingerprint density at radius 1 is 1.00 bits per heavy atom. The molecule has 2 aromatic carbocycles. The minimum Gasteiger partial charge on any atom is -0.449 e. The zero-order chi connectivity index (χ0) is 17.0. The smallest absolute Gasteiger partial charge is 0.338 e. The van der Waals surface area contributed by atoms with Crippen LogP contribution in [0.3, 0.4) is 0 Å². The van der Waals surface area contributed by atoms with E-state index in [2.05, 4.69) is 5.32 Å². The zero-order valence-corrected chi connectivity index (χ0v) is 14.2. The number of carbonyl (C=O) groups excluding carboxylic acids is 2. The molecule has 0 bridgehead atoms. The number of carbonyl (C=O) groups is 2. The Kier molecular flexibility index (Phi) is 5.88. The van der Waals surface area contributed by atoms with E-state index < -0.39 is 18.0 Å². The first-order valence-electron chi connectivity index (χ1n) is 6.58. The summed E-state index contributed by atoms with van der Waals surface area (Å²) in [4.78, 5) is 24.0. The van der Waals surface area contributed by atoms with Gasteiger partial charge in [-0.2, -0.15) is 0 Å². The molecule has 0 saturated carbocycles. The lowest BCUT2D eigenvalue weighted by molar-refractivity contribution is -0.123. The van der Waals surface area contributed by atoms with Crippen molar-refractivity contribution in [3.05, 3.63) is 63.1 Å². The topological polar surface area (TPSA) is 55.4 Å². The number of hydrogen-bond donors (Lipinski definition) is 1. The monoisotopic (exact) mass is 371 g/mol. The van der Waals surface area contributed by atoms with Crippen LogP contribution in [0.15, 0.2) is 42.5 Å². The van der Waals surface area contributed by atoms with Gasteiger partial charge in [-0.05, 0) is 43.3 Å². The molecule has 0 aliphatic carbocycles. The van der Waals surface area contributed by atoms with Crippen molar-refractivity contribution in [2.45, 2.75) is 13.0 Å². The highest BCUT2D eigenvalue weighted by Crippen LogP contribution is 2.22. The molecule has 1 N–H and O–H groups in total. The number of benzene rings is 2. The van der Waals surface area contributed by atoms with Gasteiger partial charge in [-0.3, -0.25) is 4.79 Å². The number of halogens is 3. The predicted molar refractivity (Wildman–Crippen MR) is 91.4 cm³/mol. The molecule has 0 saturated heterocycles. The van der Waals surface area contributed by atoms with Crippen LogP contribution in [0.4, 0.5) is 5.69 Å². The first kappa shape index (κ1) is 17.6. The Morgan fingerprint density at radius 3 is 2.26 bits per heavy atom. The largest absolute Gasteiger partial charge is 0.449 e. The highest BCUT2D eigenvalue weighted by Gasteiger charge is 2.19. The summed E-state index contributed by atoms with van der Waals surface area (Å²) in [5.41, 5.74) is 0.682. The number of rotatable bonds is 4. The van der Waals surface area contributed by atoms with Crippen molar-refractivity contribution in [3.8, 4) is 0 Å². The van der Waals surface area contributed by atoms with E-state index >= 15 is 0 Å². The van der Waals surface area contributed by atoms with E-state index in [1.807, 2.05) is 0 Å². The maximum Gasteiger partial charge on any atom is 0.338 e. The van der Waals surface area contributed by atoms with E-state index in [1.54, 1.807) is 24.3 Å². The van der Waals surface area contributed by atoms with E-state index in [0.29, 0.717) is 20.8 Å². The Labute approximate surface area is 148 Å². The van der Waals surface area contributed by atoms with Crippen molar-refractivity contribution in [2.75, 3.05) is 5.32 Å². The van der Waals surface area contributed by atoms with Gasteiger partial charge in [-0.15, -0.1) is 0 Å². The van der Waals surface area contributed by atoms with Crippen LogP contribution in [0, 0.1) is 0 Å². The number of hydrogen-bond acceptors (Lipinski definition) is 3. The van der Waals surface area contributed by atoms with Crippen LogP contribution in [0.2, 0.25) is 15.1 Å². The van der Waals surface area contributed by atoms with E-state index in [-0.39, 0.29) is 5.56 Å². The molecule has 0 aliphatic heterocycles. The molecule has 0 spiro atoms. The number of amides is 1. The van der Waals surface area contributed by atoms with Gasteiger partial charge >= 0.3 is 5.97 Å². The molecule has 1 amide bonds. The third kappa shape index (κ3) is 5.13. The van der Waals surface area contributed by atoms with Crippen molar-refractivity contribution in [3.63, 3.8) is 0 Å². The molecule has 0 unspecified atom stereocenters. The predicted octanol–water partition coefficient (Wildman–Crippen LogP) is 4.83. The van der Waals surface area contributed by atoms with Crippen LogP contribution in [0.1, 0.15) is 17.3 Å². The molecule has 120 valence electrons. The van der Waals surface area contributed by atoms with Crippen LogP contribution < -0.4 is 5.32 Å². The fourth-order valence-corrected chi connectivity index (χ4v) is 2.48. The van der Waals surface area contributed by atoms with Gasteiger partial charge in [-0.1, -0.05) is 40.9 Å². The standard InChI is InChI=1S/C16H12Cl3NO3/c1-9(23-16(22)10-3-2-4-11(17)5-10)15(21)20-14-7-12(18)6-13(19)8-14/h2-9H,1H3,(H,20,21)/t9-/m1/s1. The number of anilines is 1. The first-order valence-corrected chi connectivity index (χ1v) is 7.72. The summed E-state index contributed by atoms with van der Waals surface area (Å²) in [6.07, 6.45) is -1.00. The highest BCUT2D eigenvalue weighted by molar-refractivity contribution is 6.35. The second-order valence-corrected chi connectivity index (χ2v) is 6.01. The third-order valence-corrected chi connectivity index (χ3v) is 3.51. The van der Waals surface area contributed by atoms with Crippen molar-refractivity contribution in [2.24, 2.45) is 0 Å². The molecule has 4 nitrogen and oxygen atoms in total. The highest BCUT2D eigenvalue weighted by atomic mass is 35.5. The van der Waals surface area contributed by atoms with Crippen LogP contribution in [0.5, 0.6) is 0 Å². The Balaban J connectivity index is 2.01. The van der Waals surface area contributed by atoms with E-state index in [1.165, 1.54) is 25.1 Å². The minimum atomic E-state index is -1.00. The van der Waals surface area contributed by atoms with Gasteiger partial charge in [0.05, 0.1) is 5.56 Å². The van der Waals surface area contributed by atoms with Crippen molar-refractivity contribution >= 4 is 52.4 Å². The summed E-state index contributed by atoms with van der Waals surface area (Å²) < 4.78 is 5.11. The lowest BCUT2D eigenvalue weighted by atomic mass is 10.2. The van der Waals surface area contributed by atoms with Gasteiger partial charge in [-0.25, -0.2) is 4.79 Å². The Bertz CT molecular complexity index is 729. The summed E-state index contributed by atoms with van der Waals surface area (Å²) in [7, 11) is 0. The molecule has 1 atom stereocenters. The lowest BCUT2D eigenvalue weighted by Crippen LogP contribution is -2.30. The van der Waals surface area contributed by atoms with E-state index in [0.717, 1.165) is 0 Å². The normalized spacial score (nSPS) is 11.7. The number of ether oxygens (including phenoxy) is 1. The quantitative estimate of drug-likeness (QED) is 0.782. The maximum absolute atomic E-state index is 12.1. The minimum absolute atomic E-state index is 0.267. The Morgan fingerprint density at radius 2 is 1.65 bits per heavy atom. The van der Waals surface area contributed by atoms with E-state index in [4.69, 9.17) is 39.5 Å². The van der Waals surface area contributed by atoms with Gasteiger partial charge in [0.1, 0.15) is 0 Å². The maximum atomic E-state index is 12.1. The third-order valence-electron chi connectivity index (χ3n) is 2.84. The molecule has 0 aliphatic rings. The van der Waals surface area contributed by atoms with E-state index in [9.17, 15) is 9.59 Å². The van der Waals surface area contributed by atoms with Gasteiger partial charge in [0, 0.05) is 20.8 Å². The van der Waals surface area contributed by atoms with Crippen LogP contribution in [-0.4, -0.2) is 18.0 Å². The molecular weight excluding hydrogens is 361 g/mol. The van der Waals surface area contributed by atoms with Crippen LogP contribution >= 0.6 is 34.8 Å². The average molecular weight is 373 g/mol. The summed E-state index contributed by atoms with van der Waals surface area (Å²) >= 11 is 17.5. The van der Waals surface area contributed by atoms with Gasteiger partial charge < -0.3 is 10.1 Å². The average Bonchev–Trinajstić information content (AvgIpc) is 2.45. The van der Waals surface area contributed by atoms with Gasteiger partial charge in [0.15, 0.2) is 6.10 Å². The molecule has 2 rings (SSSR count). The van der Waals surface area contributed by atoms with Crippen molar-refractivity contribution < 1.29 is 14.3 Å². The van der Waals surface area contributed by atoms with Crippen molar-refractivity contribution in [1.29, 1.82) is 0 Å². The fraction of sp³-hybridized carbons (Fsp3) is 0.125. The summed E-state index contributed by atoms with van der Waals surface area (Å²) in [5.74, 6) is -1.14. The second-order valence-electron chi connectivity index (χ2n) is 4.71. The van der Waals surface area contributed by atoms with Crippen molar-refractivity contribution in [1.82, 2.24) is 0 Å². The van der Waals surface area contributed by atoms with Gasteiger partial charge in [0.2, 0.25) is 0 Å². The number of esters is 1. The zero-order valence-electron chi connectivity index (χ0n) is 12.0.